The molecule has 2 heterocycles. The lowest BCUT2D eigenvalue weighted by Crippen LogP contribution is -2.27. The minimum absolute atomic E-state index is 0.222. The standard InChI is InChI=1S/C10H17N3O2S/c11-5-1-9-2-6-12-13(9)10-3-7-16(14,15)8-4-10/h2,6,10H,1,3-5,7-8,11H2. The molecule has 1 aromatic heterocycles. The molecule has 0 unspecified atom stereocenters. The number of aromatic nitrogens is 2. The van der Waals surface area contributed by atoms with Crippen molar-refractivity contribution in [3.63, 3.8) is 0 Å². The summed E-state index contributed by atoms with van der Waals surface area (Å²) < 4.78 is 24.6. The van der Waals surface area contributed by atoms with Crippen LogP contribution in [0.25, 0.3) is 0 Å². The van der Waals surface area contributed by atoms with Gasteiger partial charge < -0.3 is 5.73 Å². The highest BCUT2D eigenvalue weighted by Crippen LogP contribution is 2.24. The SMILES string of the molecule is NCCc1ccnn1C1CCS(=O)(=O)CC1. The zero-order chi connectivity index (χ0) is 11.6. The molecule has 0 aromatic carbocycles. The molecule has 0 atom stereocenters. The molecule has 1 aliphatic rings. The van der Waals surface area contributed by atoms with E-state index in [0.717, 1.165) is 12.1 Å². The van der Waals surface area contributed by atoms with E-state index in [1.165, 1.54) is 0 Å². The van der Waals surface area contributed by atoms with E-state index >= 15 is 0 Å². The van der Waals surface area contributed by atoms with Gasteiger partial charge in [0.2, 0.25) is 0 Å². The summed E-state index contributed by atoms with van der Waals surface area (Å²) in [5, 5.41) is 4.27. The first-order valence-electron chi connectivity index (χ1n) is 5.55. The first kappa shape index (κ1) is 11.6. The lowest BCUT2D eigenvalue weighted by atomic mass is 10.1. The second kappa shape index (κ2) is 4.55. The molecule has 1 fully saturated rings. The molecule has 1 saturated heterocycles. The van der Waals surface area contributed by atoms with Gasteiger partial charge >= 0.3 is 0 Å². The van der Waals surface area contributed by atoms with Crippen molar-refractivity contribution in [2.75, 3.05) is 18.1 Å². The molecule has 2 rings (SSSR count). The Hall–Kier alpha value is -0.880. The fourth-order valence-electron chi connectivity index (χ4n) is 2.14. The smallest absolute Gasteiger partial charge is 0.150 e. The van der Waals surface area contributed by atoms with E-state index in [-0.39, 0.29) is 17.5 Å². The minimum atomic E-state index is -2.80. The molecular formula is C10H17N3O2S. The fourth-order valence-corrected chi connectivity index (χ4v) is 3.60. The number of hydrogen-bond donors (Lipinski definition) is 1. The number of hydrogen-bond acceptors (Lipinski definition) is 4. The van der Waals surface area contributed by atoms with E-state index in [1.807, 2.05) is 10.7 Å². The monoisotopic (exact) mass is 243 g/mol. The topological polar surface area (TPSA) is 78.0 Å². The number of sulfone groups is 1. The van der Waals surface area contributed by atoms with Crippen molar-refractivity contribution >= 4 is 9.84 Å². The third kappa shape index (κ3) is 2.44. The van der Waals surface area contributed by atoms with Gasteiger partial charge in [-0.15, -0.1) is 0 Å². The van der Waals surface area contributed by atoms with E-state index in [2.05, 4.69) is 5.10 Å². The van der Waals surface area contributed by atoms with Gasteiger partial charge in [0.05, 0.1) is 17.5 Å². The minimum Gasteiger partial charge on any atom is -0.330 e. The Morgan fingerprint density at radius 3 is 2.75 bits per heavy atom. The van der Waals surface area contributed by atoms with Gasteiger partial charge in [-0.1, -0.05) is 0 Å². The highest BCUT2D eigenvalue weighted by atomic mass is 32.2. The Morgan fingerprint density at radius 2 is 2.12 bits per heavy atom. The second-order valence-corrected chi connectivity index (χ2v) is 6.49. The van der Waals surface area contributed by atoms with Crippen LogP contribution in [0.2, 0.25) is 0 Å². The molecule has 0 radical (unpaired) electrons. The van der Waals surface area contributed by atoms with E-state index in [0.29, 0.717) is 19.4 Å². The Morgan fingerprint density at radius 1 is 1.44 bits per heavy atom. The molecule has 0 bridgehead atoms. The third-order valence-electron chi connectivity index (χ3n) is 3.02. The molecule has 5 nitrogen and oxygen atoms in total. The zero-order valence-corrected chi connectivity index (χ0v) is 9.99. The summed E-state index contributed by atoms with van der Waals surface area (Å²) >= 11 is 0. The largest absolute Gasteiger partial charge is 0.330 e. The van der Waals surface area contributed by atoms with Crippen LogP contribution in [0.5, 0.6) is 0 Å². The fraction of sp³-hybridized carbons (Fsp3) is 0.700. The van der Waals surface area contributed by atoms with Crippen molar-refractivity contribution in [1.82, 2.24) is 9.78 Å². The predicted octanol–water partition coefficient (Wildman–Crippen LogP) is 0.134. The van der Waals surface area contributed by atoms with E-state index in [9.17, 15) is 8.42 Å². The maximum atomic E-state index is 11.3. The van der Waals surface area contributed by atoms with Gasteiger partial charge in [0, 0.05) is 18.3 Å². The van der Waals surface area contributed by atoms with Gasteiger partial charge in [-0.25, -0.2) is 8.42 Å². The Balaban J connectivity index is 2.11. The van der Waals surface area contributed by atoms with Crippen LogP contribution < -0.4 is 5.73 Å². The van der Waals surface area contributed by atoms with Crippen LogP contribution in [0.15, 0.2) is 12.3 Å². The number of rotatable bonds is 3. The average molecular weight is 243 g/mol. The van der Waals surface area contributed by atoms with Crippen molar-refractivity contribution in [3.8, 4) is 0 Å². The third-order valence-corrected chi connectivity index (χ3v) is 4.74. The van der Waals surface area contributed by atoms with Crippen LogP contribution in [-0.2, 0) is 16.3 Å². The lowest BCUT2D eigenvalue weighted by molar-refractivity contribution is 0.401. The van der Waals surface area contributed by atoms with Crippen molar-refractivity contribution in [2.45, 2.75) is 25.3 Å². The Bertz CT molecular complexity index is 438. The summed E-state index contributed by atoms with van der Waals surface area (Å²) in [6, 6.07) is 2.18. The Labute approximate surface area is 95.6 Å². The summed E-state index contributed by atoms with van der Waals surface area (Å²) in [6.07, 6.45) is 3.89. The number of nitrogens with two attached hydrogens (primary N) is 1. The molecule has 0 aliphatic carbocycles. The summed E-state index contributed by atoms with van der Waals surface area (Å²) in [6.45, 7) is 0.594. The van der Waals surface area contributed by atoms with Crippen molar-refractivity contribution in [2.24, 2.45) is 5.73 Å². The lowest BCUT2D eigenvalue weighted by Gasteiger charge is -2.24. The van der Waals surface area contributed by atoms with Gasteiger partial charge in [0.1, 0.15) is 9.84 Å². The molecule has 2 N–H and O–H groups in total. The maximum absolute atomic E-state index is 11.3. The van der Waals surface area contributed by atoms with Gasteiger partial charge in [-0.3, -0.25) is 4.68 Å². The predicted molar refractivity (Wildman–Crippen MR) is 61.9 cm³/mol. The van der Waals surface area contributed by atoms with Gasteiger partial charge in [0.15, 0.2) is 0 Å². The first-order chi connectivity index (χ1) is 7.62. The van der Waals surface area contributed by atoms with E-state index < -0.39 is 9.84 Å². The summed E-state index contributed by atoms with van der Waals surface area (Å²) in [5.74, 6) is 0.555. The quantitative estimate of drug-likeness (QED) is 0.818. The first-order valence-corrected chi connectivity index (χ1v) is 7.37. The Kier molecular flexibility index (Phi) is 3.30. The highest BCUT2D eigenvalue weighted by Gasteiger charge is 2.25. The van der Waals surface area contributed by atoms with Gasteiger partial charge in [0.25, 0.3) is 0 Å². The molecule has 1 aromatic rings. The van der Waals surface area contributed by atoms with Crippen molar-refractivity contribution in [1.29, 1.82) is 0 Å². The van der Waals surface area contributed by atoms with Crippen LogP contribution in [-0.4, -0.2) is 36.2 Å². The maximum Gasteiger partial charge on any atom is 0.150 e. The van der Waals surface area contributed by atoms with Crippen molar-refractivity contribution in [3.05, 3.63) is 18.0 Å². The molecule has 0 saturated carbocycles. The van der Waals surface area contributed by atoms with Crippen LogP contribution in [0.3, 0.4) is 0 Å². The van der Waals surface area contributed by atoms with Crippen LogP contribution in [0, 0.1) is 0 Å². The van der Waals surface area contributed by atoms with Crippen LogP contribution >= 0.6 is 0 Å². The second-order valence-electron chi connectivity index (χ2n) is 4.19. The molecule has 0 amide bonds. The summed E-state index contributed by atoms with van der Waals surface area (Å²) in [5.41, 5.74) is 6.63. The van der Waals surface area contributed by atoms with Gasteiger partial charge in [-0.2, -0.15) is 5.10 Å². The van der Waals surface area contributed by atoms with E-state index in [4.69, 9.17) is 5.73 Å². The molecule has 6 heteroatoms. The van der Waals surface area contributed by atoms with Crippen LogP contribution in [0.4, 0.5) is 0 Å². The molecule has 0 spiro atoms. The molecular weight excluding hydrogens is 226 g/mol. The average Bonchev–Trinajstić information content (AvgIpc) is 2.67. The van der Waals surface area contributed by atoms with Crippen LogP contribution in [0.1, 0.15) is 24.6 Å². The normalized spacial score (nSPS) is 21.1. The number of nitrogens with zero attached hydrogens (tertiary/aromatic N) is 2. The molecule has 16 heavy (non-hydrogen) atoms. The molecule has 90 valence electrons. The van der Waals surface area contributed by atoms with Gasteiger partial charge in [-0.05, 0) is 25.5 Å². The molecule has 1 aliphatic heterocycles. The van der Waals surface area contributed by atoms with Crippen molar-refractivity contribution < 1.29 is 8.42 Å². The van der Waals surface area contributed by atoms with E-state index in [1.54, 1.807) is 6.20 Å². The zero-order valence-electron chi connectivity index (χ0n) is 9.17. The summed E-state index contributed by atoms with van der Waals surface area (Å²) in [7, 11) is -2.80. The highest BCUT2D eigenvalue weighted by molar-refractivity contribution is 7.91. The summed E-state index contributed by atoms with van der Waals surface area (Å²) in [4.78, 5) is 0.